The SMILES string of the molecule is CCCC(C)N1C[C@@H]2C(C(=O)CCC(=O)Nc3cccc(C(C)(F)F)c3)[C@@H]2C1. The number of amides is 1. The Morgan fingerprint density at radius 1 is 1.25 bits per heavy atom. The van der Waals surface area contributed by atoms with Crippen molar-refractivity contribution in [3.63, 3.8) is 0 Å². The van der Waals surface area contributed by atoms with E-state index in [-0.39, 0.29) is 36.0 Å². The summed E-state index contributed by atoms with van der Waals surface area (Å²) in [4.78, 5) is 27.1. The van der Waals surface area contributed by atoms with Crippen LogP contribution in [0, 0.1) is 17.8 Å². The topological polar surface area (TPSA) is 49.4 Å². The smallest absolute Gasteiger partial charge is 0.270 e. The highest BCUT2D eigenvalue weighted by Gasteiger charge is 2.58. The standard InChI is InChI=1S/C22H30F2N2O2/c1-4-6-14(2)26-12-17-18(13-26)21(17)19(27)9-10-20(28)25-16-8-5-7-15(11-16)22(3,23)24/h5,7-8,11,14,17-18,21H,4,6,9-10,12-13H2,1-3H3,(H,25,28)/t14?,17-,18+,21?. The van der Waals surface area contributed by atoms with Crippen LogP contribution in [0.1, 0.15) is 52.0 Å². The Morgan fingerprint density at radius 2 is 1.93 bits per heavy atom. The fraction of sp³-hybridized carbons (Fsp3) is 0.636. The minimum absolute atomic E-state index is 0.0947. The molecule has 0 spiro atoms. The van der Waals surface area contributed by atoms with Crippen molar-refractivity contribution in [2.45, 2.75) is 58.4 Å². The van der Waals surface area contributed by atoms with Crippen LogP contribution in [-0.4, -0.2) is 35.7 Å². The number of anilines is 1. The molecule has 0 bridgehead atoms. The van der Waals surface area contributed by atoms with Gasteiger partial charge < -0.3 is 10.2 Å². The number of Topliss-reactive ketones (excluding diaryl/α,β-unsaturated/α-hetero) is 1. The van der Waals surface area contributed by atoms with Gasteiger partial charge >= 0.3 is 0 Å². The number of benzene rings is 1. The number of likely N-dealkylation sites (tertiary alicyclic amines) is 1. The first-order valence-electron chi connectivity index (χ1n) is 10.3. The van der Waals surface area contributed by atoms with E-state index in [2.05, 4.69) is 24.1 Å². The second-order valence-electron chi connectivity index (χ2n) is 8.43. The number of nitrogens with one attached hydrogen (secondary N) is 1. The van der Waals surface area contributed by atoms with E-state index in [4.69, 9.17) is 0 Å². The molecule has 1 aromatic rings. The molecule has 6 heteroatoms. The average molecular weight is 392 g/mol. The Kier molecular flexibility index (Phi) is 6.18. The summed E-state index contributed by atoms with van der Waals surface area (Å²) in [7, 11) is 0. The van der Waals surface area contributed by atoms with E-state index in [9.17, 15) is 18.4 Å². The molecule has 2 unspecified atom stereocenters. The number of carbonyl (C=O) groups excluding carboxylic acids is 2. The molecule has 1 aromatic carbocycles. The van der Waals surface area contributed by atoms with Crippen molar-refractivity contribution < 1.29 is 18.4 Å². The summed E-state index contributed by atoms with van der Waals surface area (Å²) in [6, 6.07) is 6.24. The normalized spacial score (nSPS) is 25.2. The molecule has 1 saturated carbocycles. The van der Waals surface area contributed by atoms with Crippen LogP contribution in [-0.2, 0) is 15.5 Å². The summed E-state index contributed by atoms with van der Waals surface area (Å²) in [5.74, 6) is -2.07. The van der Waals surface area contributed by atoms with Gasteiger partial charge in [0.2, 0.25) is 5.91 Å². The Labute approximate surface area is 165 Å². The van der Waals surface area contributed by atoms with Crippen LogP contribution >= 0.6 is 0 Å². The van der Waals surface area contributed by atoms with E-state index in [1.165, 1.54) is 31.0 Å². The van der Waals surface area contributed by atoms with Gasteiger partial charge in [0, 0.05) is 56.1 Å². The highest BCUT2D eigenvalue weighted by atomic mass is 19.3. The van der Waals surface area contributed by atoms with E-state index >= 15 is 0 Å². The average Bonchev–Trinajstić information content (AvgIpc) is 3.13. The second kappa shape index (κ2) is 8.27. The van der Waals surface area contributed by atoms with Crippen molar-refractivity contribution in [1.82, 2.24) is 4.90 Å². The monoisotopic (exact) mass is 392 g/mol. The Balaban J connectivity index is 1.42. The lowest BCUT2D eigenvalue weighted by Crippen LogP contribution is -2.34. The molecule has 1 aliphatic heterocycles. The van der Waals surface area contributed by atoms with Crippen LogP contribution in [0.4, 0.5) is 14.5 Å². The minimum Gasteiger partial charge on any atom is -0.326 e. The lowest BCUT2D eigenvalue weighted by atomic mass is 10.1. The van der Waals surface area contributed by atoms with Crippen LogP contribution in [0.2, 0.25) is 0 Å². The summed E-state index contributed by atoms with van der Waals surface area (Å²) in [6.07, 6.45) is 2.67. The predicted molar refractivity (Wildman–Crippen MR) is 105 cm³/mol. The molecular weight excluding hydrogens is 362 g/mol. The molecule has 28 heavy (non-hydrogen) atoms. The van der Waals surface area contributed by atoms with Gasteiger partial charge in [0.15, 0.2) is 0 Å². The van der Waals surface area contributed by atoms with Gasteiger partial charge in [-0.3, -0.25) is 9.59 Å². The van der Waals surface area contributed by atoms with Crippen molar-refractivity contribution >= 4 is 17.4 Å². The van der Waals surface area contributed by atoms with Crippen LogP contribution < -0.4 is 5.32 Å². The lowest BCUT2D eigenvalue weighted by molar-refractivity contribution is -0.124. The summed E-state index contributed by atoms with van der Waals surface area (Å²) in [5, 5.41) is 2.62. The molecule has 0 radical (unpaired) electrons. The van der Waals surface area contributed by atoms with E-state index in [0.29, 0.717) is 23.6 Å². The van der Waals surface area contributed by atoms with Gasteiger partial charge in [-0.05, 0) is 37.3 Å². The second-order valence-corrected chi connectivity index (χ2v) is 8.43. The molecular formula is C22H30F2N2O2. The van der Waals surface area contributed by atoms with E-state index < -0.39 is 5.92 Å². The van der Waals surface area contributed by atoms with Gasteiger partial charge in [-0.25, -0.2) is 8.78 Å². The Bertz CT molecular complexity index is 719. The molecule has 4 nitrogen and oxygen atoms in total. The van der Waals surface area contributed by atoms with Gasteiger partial charge in [0.25, 0.3) is 5.92 Å². The number of halogens is 2. The highest BCUT2D eigenvalue weighted by molar-refractivity contribution is 5.94. The molecule has 2 aliphatic rings. The number of nitrogens with zero attached hydrogens (tertiary/aromatic N) is 1. The van der Waals surface area contributed by atoms with Gasteiger partial charge in [0.05, 0.1) is 0 Å². The third-order valence-corrected chi connectivity index (χ3v) is 6.18. The number of hydrogen-bond acceptors (Lipinski definition) is 3. The van der Waals surface area contributed by atoms with E-state index in [0.717, 1.165) is 20.0 Å². The lowest BCUT2D eigenvalue weighted by Gasteiger charge is -2.26. The molecule has 0 aromatic heterocycles. The molecule has 1 amide bonds. The molecule has 1 heterocycles. The number of ketones is 1. The van der Waals surface area contributed by atoms with Crippen molar-refractivity contribution in [3.8, 4) is 0 Å². The summed E-state index contributed by atoms with van der Waals surface area (Å²) >= 11 is 0. The zero-order chi connectivity index (χ0) is 20.5. The first-order chi connectivity index (χ1) is 13.2. The third kappa shape index (κ3) is 4.77. The number of piperidine rings is 1. The maximum Gasteiger partial charge on any atom is 0.270 e. The number of hydrogen-bond donors (Lipinski definition) is 1. The van der Waals surface area contributed by atoms with Gasteiger partial charge in [-0.2, -0.15) is 0 Å². The first kappa shape index (κ1) is 20.9. The van der Waals surface area contributed by atoms with Crippen LogP contribution in [0.25, 0.3) is 0 Å². The summed E-state index contributed by atoms with van der Waals surface area (Å²) in [5.41, 5.74) is 0.189. The van der Waals surface area contributed by atoms with E-state index in [1.807, 2.05) is 0 Å². The summed E-state index contributed by atoms with van der Waals surface area (Å²) < 4.78 is 26.8. The molecule has 154 valence electrons. The Morgan fingerprint density at radius 3 is 2.54 bits per heavy atom. The number of rotatable bonds is 9. The number of carbonyl (C=O) groups is 2. The molecule has 1 saturated heterocycles. The fourth-order valence-electron chi connectivity index (χ4n) is 4.49. The molecule has 3 rings (SSSR count). The maximum absolute atomic E-state index is 13.4. The van der Waals surface area contributed by atoms with Crippen molar-refractivity contribution in [2.75, 3.05) is 18.4 Å². The van der Waals surface area contributed by atoms with Crippen molar-refractivity contribution in [1.29, 1.82) is 0 Å². The predicted octanol–water partition coefficient (Wildman–Crippen LogP) is 4.45. The summed E-state index contributed by atoms with van der Waals surface area (Å²) in [6.45, 7) is 7.25. The van der Waals surface area contributed by atoms with E-state index in [1.54, 1.807) is 6.07 Å². The quantitative estimate of drug-likeness (QED) is 0.675. The van der Waals surface area contributed by atoms with Crippen molar-refractivity contribution in [2.24, 2.45) is 17.8 Å². The fourth-order valence-corrected chi connectivity index (χ4v) is 4.49. The highest BCUT2D eigenvalue weighted by Crippen LogP contribution is 2.53. The third-order valence-electron chi connectivity index (χ3n) is 6.18. The molecule has 1 N–H and O–H groups in total. The van der Waals surface area contributed by atoms with Gasteiger partial charge in [-0.1, -0.05) is 25.5 Å². The number of alkyl halides is 2. The zero-order valence-electron chi connectivity index (χ0n) is 16.9. The molecule has 2 fully saturated rings. The molecule has 1 aliphatic carbocycles. The first-order valence-corrected chi connectivity index (χ1v) is 10.3. The van der Waals surface area contributed by atoms with Crippen LogP contribution in [0.5, 0.6) is 0 Å². The minimum atomic E-state index is -2.96. The van der Waals surface area contributed by atoms with Gasteiger partial charge in [-0.15, -0.1) is 0 Å². The zero-order valence-corrected chi connectivity index (χ0v) is 16.9. The maximum atomic E-state index is 13.4. The largest absolute Gasteiger partial charge is 0.326 e. The van der Waals surface area contributed by atoms with Crippen LogP contribution in [0.3, 0.4) is 0 Å². The van der Waals surface area contributed by atoms with Gasteiger partial charge in [0.1, 0.15) is 5.78 Å². The van der Waals surface area contributed by atoms with Crippen molar-refractivity contribution in [3.05, 3.63) is 29.8 Å². The number of fused-ring (bicyclic) bond motifs is 1. The molecule has 4 atom stereocenters. The van der Waals surface area contributed by atoms with Crippen LogP contribution in [0.15, 0.2) is 24.3 Å². The Hall–Kier alpha value is -1.82.